The fourth-order valence-corrected chi connectivity index (χ4v) is 6.58. The van der Waals surface area contributed by atoms with E-state index >= 15 is 0 Å². The number of nitrogens with one attached hydrogen (secondary N) is 1. The second-order valence-electron chi connectivity index (χ2n) is 10.7. The maximum atomic E-state index is 14.5. The first-order valence-electron chi connectivity index (χ1n) is 14.6. The Kier molecular flexibility index (Phi) is 11.2. The summed E-state index contributed by atoms with van der Waals surface area (Å²) in [5.41, 5.74) is 2.57. The molecule has 44 heavy (non-hydrogen) atoms. The van der Waals surface area contributed by atoms with Gasteiger partial charge in [0, 0.05) is 24.0 Å². The molecule has 0 saturated carbocycles. The Morgan fingerprint density at radius 2 is 1.43 bits per heavy atom. The maximum Gasteiger partial charge on any atom is 0.264 e. The summed E-state index contributed by atoms with van der Waals surface area (Å²) in [5, 5.41) is 3.48. The Labute approximate surface area is 265 Å². The lowest BCUT2D eigenvalue weighted by Gasteiger charge is -2.34. The van der Waals surface area contributed by atoms with Crippen LogP contribution in [0.1, 0.15) is 37.0 Å². The Morgan fingerprint density at radius 1 is 0.841 bits per heavy atom. The highest BCUT2D eigenvalue weighted by atomic mass is 35.5. The number of hydrogen-bond acceptors (Lipinski definition) is 4. The number of aryl methyl sites for hydroxylation is 1. The molecule has 0 heterocycles. The molecule has 4 aromatic rings. The summed E-state index contributed by atoms with van der Waals surface area (Å²) in [5.74, 6) is -0.857. The van der Waals surface area contributed by atoms with E-state index in [1.165, 1.54) is 17.0 Å². The summed E-state index contributed by atoms with van der Waals surface area (Å²) >= 11 is 6.55. The molecule has 2 amide bonds. The van der Waals surface area contributed by atoms with Crippen molar-refractivity contribution in [1.29, 1.82) is 0 Å². The van der Waals surface area contributed by atoms with Gasteiger partial charge in [-0.2, -0.15) is 0 Å². The van der Waals surface area contributed by atoms with Crippen LogP contribution in [-0.2, 0) is 32.6 Å². The van der Waals surface area contributed by atoms with Gasteiger partial charge in [-0.3, -0.25) is 13.9 Å². The number of sulfonamides is 1. The van der Waals surface area contributed by atoms with E-state index in [2.05, 4.69) is 5.32 Å². The van der Waals surface area contributed by atoms with E-state index in [0.717, 1.165) is 9.87 Å². The summed E-state index contributed by atoms with van der Waals surface area (Å²) in [6, 6.07) is 30.6. The Balaban J connectivity index is 1.82. The van der Waals surface area contributed by atoms with Crippen LogP contribution >= 0.6 is 11.6 Å². The van der Waals surface area contributed by atoms with E-state index in [0.29, 0.717) is 28.3 Å². The lowest BCUT2D eigenvalue weighted by atomic mass is 10.0. The molecule has 0 aliphatic rings. The average Bonchev–Trinajstić information content (AvgIpc) is 3.03. The molecule has 0 aliphatic heterocycles. The topological polar surface area (TPSA) is 86.8 Å². The molecule has 0 aliphatic carbocycles. The third-order valence-electron chi connectivity index (χ3n) is 7.56. The Bertz CT molecular complexity index is 1670. The van der Waals surface area contributed by atoms with Gasteiger partial charge in [0.1, 0.15) is 12.6 Å². The molecular formula is C35H38ClN3O4S. The molecule has 0 fully saturated rings. The summed E-state index contributed by atoms with van der Waals surface area (Å²) in [6.45, 7) is 5.17. The van der Waals surface area contributed by atoms with Crippen LogP contribution in [0.15, 0.2) is 114 Å². The van der Waals surface area contributed by atoms with Crippen molar-refractivity contribution in [2.24, 2.45) is 0 Å². The number of nitrogens with zero attached hydrogens (tertiary/aromatic N) is 2. The van der Waals surface area contributed by atoms with Gasteiger partial charge in [0.05, 0.1) is 10.6 Å². The molecule has 0 spiro atoms. The number of carbonyl (C=O) groups excluding carboxylic acids is 2. The van der Waals surface area contributed by atoms with Gasteiger partial charge in [-0.05, 0) is 61.2 Å². The van der Waals surface area contributed by atoms with Gasteiger partial charge in [0.15, 0.2) is 0 Å². The molecular weight excluding hydrogens is 594 g/mol. The van der Waals surface area contributed by atoms with Crippen molar-refractivity contribution in [3.8, 4) is 0 Å². The Hall–Kier alpha value is -4.14. The van der Waals surface area contributed by atoms with Crippen LogP contribution in [0.5, 0.6) is 0 Å². The van der Waals surface area contributed by atoms with Gasteiger partial charge in [-0.25, -0.2) is 8.42 Å². The van der Waals surface area contributed by atoms with E-state index in [1.807, 2.05) is 56.3 Å². The van der Waals surface area contributed by atoms with Crippen LogP contribution in [0.25, 0.3) is 0 Å². The van der Waals surface area contributed by atoms with Crippen molar-refractivity contribution < 1.29 is 18.0 Å². The van der Waals surface area contributed by atoms with Crippen LogP contribution in [0.3, 0.4) is 0 Å². The minimum absolute atomic E-state index is 0.0108. The monoisotopic (exact) mass is 631 g/mol. The van der Waals surface area contributed by atoms with Gasteiger partial charge in [-0.15, -0.1) is 0 Å². The SMILES string of the molecule is CC[C@@H](C)NC(=O)[C@@H](Cc1ccccc1)N(Cc1ccccc1Cl)C(=O)CN(c1ccccc1C)S(=O)(=O)c1ccccc1. The normalized spacial score (nSPS) is 12.6. The van der Waals surface area contributed by atoms with Crippen molar-refractivity contribution >= 4 is 39.1 Å². The predicted octanol–water partition coefficient (Wildman–Crippen LogP) is 6.40. The number of rotatable bonds is 13. The molecule has 0 unspecified atom stereocenters. The molecule has 1 N–H and O–H groups in total. The number of carbonyl (C=O) groups is 2. The highest BCUT2D eigenvalue weighted by molar-refractivity contribution is 7.92. The number of hydrogen-bond donors (Lipinski definition) is 1. The lowest BCUT2D eigenvalue weighted by Crippen LogP contribution is -2.54. The molecule has 4 rings (SSSR count). The molecule has 2 atom stereocenters. The smallest absolute Gasteiger partial charge is 0.264 e. The van der Waals surface area contributed by atoms with Gasteiger partial charge in [0.2, 0.25) is 11.8 Å². The fraction of sp³-hybridized carbons (Fsp3) is 0.257. The number of benzene rings is 4. The third-order valence-corrected chi connectivity index (χ3v) is 9.71. The Morgan fingerprint density at radius 3 is 2.07 bits per heavy atom. The van der Waals surface area contributed by atoms with Crippen molar-refractivity contribution in [1.82, 2.24) is 10.2 Å². The van der Waals surface area contributed by atoms with E-state index < -0.39 is 28.5 Å². The van der Waals surface area contributed by atoms with Crippen molar-refractivity contribution in [2.45, 2.75) is 57.1 Å². The van der Waals surface area contributed by atoms with Crippen molar-refractivity contribution in [3.63, 3.8) is 0 Å². The fourth-order valence-electron chi connectivity index (χ4n) is 4.88. The van der Waals surface area contributed by atoms with Crippen LogP contribution in [-0.4, -0.2) is 43.8 Å². The number of anilines is 1. The largest absolute Gasteiger partial charge is 0.352 e. The van der Waals surface area contributed by atoms with E-state index in [4.69, 9.17) is 11.6 Å². The minimum atomic E-state index is -4.15. The average molecular weight is 632 g/mol. The molecule has 230 valence electrons. The first-order chi connectivity index (χ1) is 21.1. The van der Waals surface area contributed by atoms with Gasteiger partial charge in [0.25, 0.3) is 10.0 Å². The molecule has 0 bridgehead atoms. The van der Waals surface area contributed by atoms with Crippen molar-refractivity contribution in [2.75, 3.05) is 10.8 Å². The summed E-state index contributed by atoms with van der Waals surface area (Å²) in [4.78, 5) is 29.9. The predicted molar refractivity (Wildman–Crippen MR) is 176 cm³/mol. The zero-order valence-electron chi connectivity index (χ0n) is 25.2. The summed E-state index contributed by atoms with van der Waals surface area (Å²) in [6.07, 6.45) is 0.938. The summed E-state index contributed by atoms with van der Waals surface area (Å²) < 4.78 is 29.3. The van der Waals surface area contributed by atoms with Gasteiger partial charge < -0.3 is 10.2 Å². The summed E-state index contributed by atoms with van der Waals surface area (Å²) in [7, 11) is -4.15. The molecule has 0 aromatic heterocycles. The van der Waals surface area contributed by atoms with Crippen LogP contribution < -0.4 is 9.62 Å². The first-order valence-corrected chi connectivity index (χ1v) is 16.4. The first kappa shape index (κ1) is 32.8. The standard InChI is InChI=1S/C35H38ClN3O4S/c1-4-27(3)37-35(41)33(23-28-16-7-5-8-17-28)38(24-29-18-12-13-21-31(29)36)34(40)25-39(32-22-14-11-15-26(32)2)44(42,43)30-19-9-6-10-20-30/h5-22,27,33H,4,23-25H2,1-3H3,(H,37,41)/t27-,33-/m1/s1. The van der Waals surface area contributed by atoms with Crippen LogP contribution in [0.4, 0.5) is 5.69 Å². The van der Waals surface area contributed by atoms with Gasteiger partial charge >= 0.3 is 0 Å². The van der Waals surface area contributed by atoms with E-state index in [1.54, 1.807) is 61.5 Å². The number of para-hydroxylation sites is 1. The van der Waals surface area contributed by atoms with Gasteiger partial charge in [-0.1, -0.05) is 103 Å². The maximum absolute atomic E-state index is 14.5. The molecule has 0 radical (unpaired) electrons. The second kappa shape index (κ2) is 15.0. The third kappa shape index (κ3) is 8.07. The number of halogens is 1. The van der Waals surface area contributed by atoms with Crippen LogP contribution in [0.2, 0.25) is 5.02 Å². The van der Waals surface area contributed by atoms with Crippen LogP contribution in [0, 0.1) is 6.92 Å². The highest BCUT2D eigenvalue weighted by Crippen LogP contribution is 2.28. The van der Waals surface area contributed by atoms with Crippen molar-refractivity contribution in [3.05, 3.63) is 131 Å². The molecule has 7 nitrogen and oxygen atoms in total. The molecule has 9 heteroatoms. The second-order valence-corrected chi connectivity index (χ2v) is 13.0. The molecule has 4 aromatic carbocycles. The van der Waals surface area contributed by atoms with E-state index in [-0.39, 0.29) is 29.8 Å². The zero-order valence-corrected chi connectivity index (χ0v) is 26.8. The van der Waals surface area contributed by atoms with E-state index in [9.17, 15) is 18.0 Å². The quantitative estimate of drug-likeness (QED) is 0.185. The number of amides is 2. The highest BCUT2D eigenvalue weighted by Gasteiger charge is 2.35. The molecule has 0 saturated heterocycles. The zero-order chi connectivity index (χ0) is 31.7. The minimum Gasteiger partial charge on any atom is -0.352 e. The lowest BCUT2D eigenvalue weighted by molar-refractivity contribution is -0.140.